The van der Waals surface area contributed by atoms with Gasteiger partial charge in [-0.05, 0) is 38.0 Å². The van der Waals surface area contributed by atoms with Crippen LogP contribution >= 0.6 is 24.0 Å². The molecule has 0 spiro atoms. The number of piperidine rings is 1. The van der Waals surface area contributed by atoms with Gasteiger partial charge in [-0.2, -0.15) is 0 Å². The van der Waals surface area contributed by atoms with Gasteiger partial charge in [0, 0.05) is 39.2 Å². The number of esters is 1. The number of aliphatic imine (C=N–C) groups is 1. The fourth-order valence-electron chi connectivity index (χ4n) is 4.19. The summed E-state index contributed by atoms with van der Waals surface area (Å²) < 4.78 is 11.3. The van der Waals surface area contributed by atoms with Gasteiger partial charge in [-0.15, -0.1) is 24.0 Å². The fraction of sp³-hybridized carbons (Fsp3) is 0.900. The molecule has 0 bridgehead atoms. The number of ether oxygens (including phenoxy) is 2. The van der Waals surface area contributed by atoms with Crippen molar-refractivity contribution in [3.8, 4) is 0 Å². The van der Waals surface area contributed by atoms with Gasteiger partial charge in [0.15, 0.2) is 5.96 Å². The summed E-state index contributed by atoms with van der Waals surface area (Å²) in [7, 11) is 1.81. The molecule has 0 amide bonds. The first-order valence-electron chi connectivity index (χ1n) is 10.1. The number of carbonyl (C=O) groups excluding carboxylic acids is 1. The number of guanidine groups is 1. The number of carbonyl (C=O) groups is 1. The molecule has 0 radical (unpaired) electrons. The van der Waals surface area contributed by atoms with Crippen LogP contribution in [0.2, 0.25) is 0 Å². The van der Waals surface area contributed by atoms with Crippen LogP contribution in [-0.2, 0) is 14.3 Å². The molecule has 2 heterocycles. The topological polar surface area (TPSA) is 63.2 Å². The van der Waals surface area contributed by atoms with Crippen molar-refractivity contribution in [2.75, 3.05) is 39.9 Å². The van der Waals surface area contributed by atoms with Gasteiger partial charge in [-0.3, -0.25) is 9.79 Å². The number of nitrogens with zero attached hydrogens (tertiary/aromatic N) is 2. The largest absolute Gasteiger partial charge is 0.466 e. The van der Waals surface area contributed by atoms with Gasteiger partial charge in [-0.1, -0.05) is 20.8 Å². The van der Waals surface area contributed by atoms with Crippen molar-refractivity contribution >= 4 is 35.9 Å². The average molecular weight is 495 g/mol. The van der Waals surface area contributed by atoms with Crippen LogP contribution in [0.5, 0.6) is 0 Å². The molecule has 3 atom stereocenters. The van der Waals surface area contributed by atoms with Crippen LogP contribution in [0, 0.1) is 17.3 Å². The minimum atomic E-state index is -0.0823. The molecule has 2 rings (SSSR count). The van der Waals surface area contributed by atoms with Crippen molar-refractivity contribution in [2.45, 2.75) is 59.5 Å². The lowest BCUT2D eigenvalue weighted by Gasteiger charge is -2.41. The third kappa shape index (κ3) is 7.07. The van der Waals surface area contributed by atoms with E-state index in [4.69, 9.17) is 9.47 Å². The maximum Gasteiger partial charge on any atom is 0.310 e. The molecule has 0 saturated carbocycles. The molecule has 0 aliphatic carbocycles. The van der Waals surface area contributed by atoms with Crippen LogP contribution < -0.4 is 5.32 Å². The first-order valence-corrected chi connectivity index (χ1v) is 10.1. The molecule has 2 saturated heterocycles. The van der Waals surface area contributed by atoms with Crippen LogP contribution in [0.15, 0.2) is 4.99 Å². The Morgan fingerprint density at radius 3 is 2.67 bits per heavy atom. The number of hydrogen-bond donors (Lipinski definition) is 1. The second-order valence-corrected chi connectivity index (χ2v) is 8.53. The van der Waals surface area contributed by atoms with Gasteiger partial charge < -0.3 is 19.7 Å². The predicted molar refractivity (Wildman–Crippen MR) is 120 cm³/mol. The Hall–Kier alpha value is -0.570. The quantitative estimate of drug-likeness (QED) is 0.281. The lowest BCUT2D eigenvalue weighted by molar-refractivity contribution is -0.149. The van der Waals surface area contributed by atoms with Crippen molar-refractivity contribution in [1.82, 2.24) is 10.2 Å². The van der Waals surface area contributed by atoms with Gasteiger partial charge >= 0.3 is 5.97 Å². The normalized spacial score (nSPS) is 26.9. The maximum atomic E-state index is 12.1. The summed E-state index contributed by atoms with van der Waals surface area (Å²) in [5.41, 5.74) is 0.135. The van der Waals surface area contributed by atoms with Crippen molar-refractivity contribution in [2.24, 2.45) is 22.2 Å². The summed E-state index contributed by atoms with van der Waals surface area (Å²) in [4.78, 5) is 18.7. The van der Waals surface area contributed by atoms with Crippen LogP contribution in [0.4, 0.5) is 0 Å². The Morgan fingerprint density at radius 1 is 1.30 bits per heavy atom. The summed E-state index contributed by atoms with van der Waals surface area (Å²) in [6.07, 6.45) is 4.44. The highest BCUT2D eigenvalue weighted by atomic mass is 127. The summed E-state index contributed by atoms with van der Waals surface area (Å²) in [6.45, 7) is 12.4. The Labute approximate surface area is 181 Å². The van der Waals surface area contributed by atoms with E-state index >= 15 is 0 Å². The molecule has 1 N–H and O–H groups in total. The third-order valence-corrected chi connectivity index (χ3v) is 5.37. The number of halogens is 1. The number of nitrogens with one attached hydrogen (secondary N) is 1. The third-order valence-electron chi connectivity index (χ3n) is 5.37. The second kappa shape index (κ2) is 11.4. The van der Waals surface area contributed by atoms with Crippen molar-refractivity contribution in [3.05, 3.63) is 0 Å². The molecule has 27 heavy (non-hydrogen) atoms. The van der Waals surface area contributed by atoms with E-state index in [9.17, 15) is 4.79 Å². The average Bonchev–Trinajstić information content (AvgIpc) is 2.62. The Kier molecular flexibility index (Phi) is 10.4. The number of likely N-dealkylation sites (tertiary alicyclic amines) is 1. The molecule has 7 heteroatoms. The van der Waals surface area contributed by atoms with E-state index in [0.29, 0.717) is 19.1 Å². The molecular weight excluding hydrogens is 457 g/mol. The number of hydrogen-bond acceptors (Lipinski definition) is 4. The molecule has 2 aliphatic rings. The highest BCUT2D eigenvalue weighted by Crippen LogP contribution is 2.33. The van der Waals surface area contributed by atoms with Crippen LogP contribution in [0.3, 0.4) is 0 Å². The standard InChI is InChI=1S/C20H37N3O3.HI/c1-6-25-18(24)16-9-7-11-23(14-16)19(21-5)22-13-15-10-8-12-26-17(15)20(2,3)4;/h15-17H,6-14H2,1-5H3,(H,21,22);1H. The zero-order chi connectivity index (χ0) is 19.2. The molecular formula is C20H38IN3O3. The summed E-state index contributed by atoms with van der Waals surface area (Å²) in [5, 5.41) is 3.55. The van der Waals surface area contributed by atoms with Crippen molar-refractivity contribution in [3.63, 3.8) is 0 Å². The van der Waals surface area contributed by atoms with Crippen LogP contribution in [0.1, 0.15) is 53.4 Å². The first-order chi connectivity index (χ1) is 12.4. The number of rotatable bonds is 4. The molecule has 158 valence electrons. The fourth-order valence-corrected chi connectivity index (χ4v) is 4.19. The molecule has 0 aromatic carbocycles. The molecule has 6 nitrogen and oxygen atoms in total. The minimum Gasteiger partial charge on any atom is -0.466 e. The Balaban J connectivity index is 0.00000364. The highest BCUT2D eigenvalue weighted by Gasteiger charge is 2.36. The molecule has 3 unspecified atom stereocenters. The molecule has 0 aromatic rings. The van der Waals surface area contributed by atoms with E-state index in [-0.39, 0.29) is 47.4 Å². The second-order valence-electron chi connectivity index (χ2n) is 8.53. The minimum absolute atomic E-state index is 0. The Bertz CT molecular complexity index is 493. The SMILES string of the molecule is CCOC(=O)C1CCCN(C(=NC)NCC2CCCOC2C(C)(C)C)C1.I. The van der Waals surface area contributed by atoms with Crippen LogP contribution in [-0.4, -0.2) is 62.8 Å². The summed E-state index contributed by atoms with van der Waals surface area (Å²) >= 11 is 0. The van der Waals surface area contributed by atoms with Gasteiger partial charge in [0.05, 0.1) is 18.6 Å². The predicted octanol–water partition coefficient (Wildman–Crippen LogP) is 3.30. The highest BCUT2D eigenvalue weighted by molar-refractivity contribution is 14.0. The zero-order valence-corrected chi connectivity index (χ0v) is 20.0. The van der Waals surface area contributed by atoms with Gasteiger partial charge in [0.1, 0.15) is 0 Å². The zero-order valence-electron chi connectivity index (χ0n) is 17.6. The Morgan fingerprint density at radius 2 is 2.04 bits per heavy atom. The molecule has 2 fully saturated rings. The summed E-state index contributed by atoms with van der Waals surface area (Å²) in [6, 6.07) is 0. The van der Waals surface area contributed by atoms with E-state index < -0.39 is 0 Å². The summed E-state index contributed by atoms with van der Waals surface area (Å²) in [5.74, 6) is 1.23. The van der Waals surface area contributed by atoms with E-state index in [0.717, 1.165) is 44.9 Å². The van der Waals surface area contributed by atoms with Crippen molar-refractivity contribution in [1.29, 1.82) is 0 Å². The van der Waals surface area contributed by atoms with Gasteiger partial charge in [-0.25, -0.2) is 0 Å². The lowest BCUT2D eigenvalue weighted by Crippen LogP contribution is -2.51. The van der Waals surface area contributed by atoms with E-state index in [1.54, 1.807) is 0 Å². The van der Waals surface area contributed by atoms with Gasteiger partial charge in [0.2, 0.25) is 0 Å². The van der Waals surface area contributed by atoms with E-state index in [1.165, 1.54) is 6.42 Å². The van der Waals surface area contributed by atoms with Gasteiger partial charge in [0.25, 0.3) is 0 Å². The lowest BCUT2D eigenvalue weighted by atomic mass is 9.78. The first kappa shape index (κ1) is 24.5. The maximum absolute atomic E-state index is 12.1. The molecule has 0 aromatic heterocycles. The van der Waals surface area contributed by atoms with E-state index in [1.807, 2.05) is 14.0 Å². The molecule has 2 aliphatic heterocycles. The monoisotopic (exact) mass is 495 g/mol. The van der Waals surface area contributed by atoms with E-state index in [2.05, 4.69) is 36.0 Å². The van der Waals surface area contributed by atoms with Crippen LogP contribution in [0.25, 0.3) is 0 Å². The smallest absolute Gasteiger partial charge is 0.310 e. The van der Waals surface area contributed by atoms with Crippen molar-refractivity contribution < 1.29 is 14.3 Å².